The topological polar surface area (TPSA) is 66.9 Å². The third-order valence-corrected chi connectivity index (χ3v) is 7.56. The summed E-state index contributed by atoms with van der Waals surface area (Å²) in [5.74, 6) is -0.320. The first kappa shape index (κ1) is 24.3. The quantitative estimate of drug-likeness (QED) is 0.180. The summed E-state index contributed by atoms with van der Waals surface area (Å²) in [6, 6.07) is 33.9. The minimum atomic E-state index is -0.167. The maximum atomic E-state index is 13.6. The molecule has 1 heterocycles. The molecule has 0 amide bonds. The molecule has 0 saturated carbocycles. The minimum absolute atomic E-state index is 0.153. The highest BCUT2D eigenvalue weighted by Crippen LogP contribution is 2.47. The summed E-state index contributed by atoms with van der Waals surface area (Å²) in [6.45, 7) is 3.64. The molecule has 4 nitrogen and oxygen atoms in total. The Hall–Kier alpha value is -5.01. The lowest BCUT2D eigenvalue weighted by atomic mass is 9.89. The summed E-state index contributed by atoms with van der Waals surface area (Å²) < 4.78 is 2.03. The minimum Gasteiger partial charge on any atom is -0.871 e. The van der Waals surface area contributed by atoms with Gasteiger partial charge in [0.1, 0.15) is 0 Å². The Morgan fingerprint density at radius 3 is 1.85 bits per heavy atom. The summed E-state index contributed by atoms with van der Waals surface area (Å²) >= 11 is 0. The van der Waals surface area contributed by atoms with Gasteiger partial charge in [0.05, 0.1) is 22.8 Å². The van der Waals surface area contributed by atoms with Gasteiger partial charge in [-0.3, -0.25) is 4.79 Å². The van der Waals surface area contributed by atoms with Crippen LogP contribution in [0.15, 0.2) is 114 Å². The zero-order valence-corrected chi connectivity index (χ0v) is 21.9. The first-order valence-electron chi connectivity index (χ1n) is 13.1. The number of benzene rings is 4. The molecule has 39 heavy (non-hydrogen) atoms. The largest absolute Gasteiger partial charge is 0.871 e. The zero-order chi connectivity index (χ0) is 27.1. The molecule has 0 spiro atoms. The van der Waals surface area contributed by atoms with E-state index in [-0.39, 0.29) is 11.5 Å². The third kappa shape index (κ3) is 4.00. The molecule has 0 N–H and O–H groups in total. The van der Waals surface area contributed by atoms with Gasteiger partial charge in [-0.05, 0) is 72.0 Å². The number of ketones is 1. The van der Waals surface area contributed by atoms with E-state index in [0.29, 0.717) is 23.4 Å². The molecule has 2 aliphatic rings. The van der Waals surface area contributed by atoms with Crippen molar-refractivity contribution >= 4 is 17.1 Å². The van der Waals surface area contributed by atoms with E-state index >= 15 is 0 Å². The fourth-order valence-corrected chi connectivity index (χ4v) is 5.94. The zero-order valence-electron chi connectivity index (χ0n) is 21.9. The molecule has 4 aromatic rings. The van der Waals surface area contributed by atoms with Crippen molar-refractivity contribution in [3.8, 4) is 17.2 Å². The molecule has 6 rings (SSSR count). The Balaban J connectivity index is 1.71. The first-order chi connectivity index (χ1) is 19.0. The molecule has 0 radical (unpaired) electrons. The van der Waals surface area contributed by atoms with E-state index in [9.17, 15) is 15.2 Å². The van der Waals surface area contributed by atoms with Crippen molar-refractivity contribution in [2.75, 3.05) is 6.54 Å². The van der Waals surface area contributed by atoms with E-state index in [1.54, 1.807) is 26.0 Å². The van der Waals surface area contributed by atoms with Crippen molar-refractivity contribution in [1.29, 1.82) is 5.26 Å². The molecule has 0 bridgehead atoms. The number of nitrogens with zero attached hydrogens (tertiary/aromatic N) is 2. The Morgan fingerprint density at radius 1 is 0.769 bits per heavy atom. The van der Waals surface area contributed by atoms with E-state index < -0.39 is 0 Å². The fraction of sp³-hybridized carbons (Fsp3) is 0.114. The van der Waals surface area contributed by atoms with Gasteiger partial charge in [0.15, 0.2) is 12.3 Å². The molecule has 4 aromatic carbocycles. The van der Waals surface area contributed by atoms with E-state index in [0.717, 1.165) is 51.1 Å². The highest BCUT2D eigenvalue weighted by molar-refractivity contribution is 6.15. The molecule has 1 aliphatic heterocycles. The lowest BCUT2D eigenvalue weighted by molar-refractivity contribution is -0.484. The average molecular weight is 507 g/mol. The van der Waals surface area contributed by atoms with Crippen LogP contribution in [0, 0.1) is 11.3 Å². The maximum absolute atomic E-state index is 13.6. The standard InChI is InChI=1S/C35H26N2O2/c1-22(38)32(33-30-13-7-5-11-28(30)29-12-6-8-14-31(29)33)34(23(2)39)37-20-19-25-9-3-4-10-27(25)35(37)26-17-15-24(21-36)16-18-26/h3-18H,19-20H2,1-2H3. The van der Waals surface area contributed by atoms with Crippen molar-refractivity contribution in [2.45, 2.75) is 20.3 Å². The average Bonchev–Trinajstić information content (AvgIpc) is 3.29. The predicted molar refractivity (Wildman–Crippen MR) is 151 cm³/mol. The number of hydrogen-bond donors (Lipinski definition) is 0. The van der Waals surface area contributed by atoms with Crippen LogP contribution >= 0.6 is 0 Å². The molecule has 1 aliphatic carbocycles. The van der Waals surface area contributed by atoms with Crippen molar-refractivity contribution in [3.05, 3.63) is 147 Å². The van der Waals surface area contributed by atoms with Crippen molar-refractivity contribution in [2.24, 2.45) is 0 Å². The van der Waals surface area contributed by atoms with Gasteiger partial charge in [-0.15, -0.1) is 0 Å². The number of nitriles is 1. The van der Waals surface area contributed by atoms with Crippen molar-refractivity contribution < 1.29 is 14.5 Å². The van der Waals surface area contributed by atoms with Crippen LogP contribution in [-0.4, -0.2) is 22.6 Å². The number of allylic oxidation sites excluding steroid dienone is 2. The molecule has 0 atom stereocenters. The molecule has 0 aromatic heterocycles. The van der Waals surface area contributed by atoms with Gasteiger partial charge in [0.2, 0.25) is 11.4 Å². The lowest BCUT2D eigenvalue weighted by Gasteiger charge is -2.24. The van der Waals surface area contributed by atoms with Crippen LogP contribution in [0.1, 0.15) is 47.2 Å². The van der Waals surface area contributed by atoms with Crippen LogP contribution in [0.5, 0.6) is 0 Å². The van der Waals surface area contributed by atoms with Gasteiger partial charge in [0.25, 0.3) is 0 Å². The summed E-state index contributed by atoms with van der Waals surface area (Å²) in [5.41, 5.74) is 10.2. The van der Waals surface area contributed by atoms with E-state index in [4.69, 9.17) is 0 Å². The molecule has 4 heteroatoms. The monoisotopic (exact) mass is 506 g/mol. The molecule has 0 unspecified atom stereocenters. The molecular formula is C35H26N2O2. The van der Waals surface area contributed by atoms with E-state index in [2.05, 4.69) is 30.3 Å². The van der Waals surface area contributed by atoms with E-state index in [1.807, 2.05) is 65.2 Å². The molecular weight excluding hydrogens is 480 g/mol. The number of rotatable bonds is 4. The number of carbonyl (C=O) groups is 1. The summed E-state index contributed by atoms with van der Waals surface area (Å²) in [5, 5.41) is 23.0. The van der Waals surface area contributed by atoms with Gasteiger partial charge in [-0.1, -0.05) is 72.5 Å². The van der Waals surface area contributed by atoms with Gasteiger partial charge in [0, 0.05) is 17.6 Å². The van der Waals surface area contributed by atoms with Gasteiger partial charge in [-0.2, -0.15) is 9.84 Å². The second kappa shape index (κ2) is 9.70. The Kier molecular flexibility index (Phi) is 6.05. The highest BCUT2D eigenvalue weighted by atomic mass is 16.3. The fourth-order valence-electron chi connectivity index (χ4n) is 5.94. The van der Waals surface area contributed by atoms with Gasteiger partial charge in [-0.25, -0.2) is 0 Å². The first-order valence-corrected chi connectivity index (χ1v) is 13.1. The second-order valence-corrected chi connectivity index (χ2v) is 9.90. The van der Waals surface area contributed by atoms with Crippen LogP contribution < -0.4 is 5.11 Å². The lowest BCUT2D eigenvalue weighted by Crippen LogP contribution is -2.34. The highest BCUT2D eigenvalue weighted by Gasteiger charge is 2.36. The number of Topliss-reactive ketones (excluding diaryl/α,β-unsaturated/α-hetero) is 1. The third-order valence-electron chi connectivity index (χ3n) is 7.56. The SMILES string of the molecule is CC(=O)C(=C1c2ccccc2-c2ccccc21)C(=C(C)[O-])[N+]1=C(c2ccc(C#N)cc2)c2ccccc2CC1. The maximum Gasteiger partial charge on any atom is 0.220 e. The van der Waals surface area contributed by atoms with E-state index in [1.165, 1.54) is 5.56 Å². The van der Waals surface area contributed by atoms with Crippen molar-refractivity contribution in [3.63, 3.8) is 0 Å². The molecule has 188 valence electrons. The number of carbonyl (C=O) groups excluding carboxylic acids is 1. The smallest absolute Gasteiger partial charge is 0.220 e. The van der Waals surface area contributed by atoms with Crippen LogP contribution in [0.3, 0.4) is 0 Å². The Morgan fingerprint density at radius 2 is 1.31 bits per heavy atom. The summed E-state index contributed by atoms with van der Waals surface area (Å²) in [6.07, 6.45) is 0.737. The molecule has 0 fully saturated rings. The Labute approximate surface area is 228 Å². The van der Waals surface area contributed by atoms with Crippen LogP contribution in [-0.2, 0) is 11.2 Å². The van der Waals surface area contributed by atoms with Crippen LogP contribution in [0.2, 0.25) is 0 Å². The number of hydrogen-bond acceptors (Lipinski definition) is 3. The molecule has 0 saturated heterocycles. The number of fused-ring (bicyclic) bond motifs is 4. The summed E-state index contributed by atoms with van der Waals surface area (Å²) in [7, 11) is 0. The Bertz CT molecular complexity index is 1750. The second-order valence-electron chi connectivity index (χ2n) is 9.90. The van der Waals surface area contributed by atoms with Gasteiger partial charge >= 0.3 is 0 Å². The normalized spacial score (nSPS) is 14.1. The van der Waals surface area contributed by atoms with Crippen molar-refractivity contribution in [1.82, 2.24) is 0 Å². The van der Waals surface area contributed by atoms with Crippen LogP contribution in [0.4, 0.5) is 0 Å². The van der Waals surface area contributed by atoms with Gasteiger partial charge < -0.3 is 5.11 Å². The predicted octanol–water partition coefficient (Wildman–Crippen LogP) is 5.63. The van der Waals surface area contributed by atoms with Crippen LogP contribution in [0.25, 0.3) is 16.7 Å². The summed E-state index contributed by atoms with van der Waals surface area (Å²) in [4.78, 5) is 13.6.